The highest BCUT2D eigenvalue weighted by Crippen LogP contribution is 2.19. The smallest absolute Gasteiger partial charge is 0.341 e. The van der Waals surface area contributed by atoms with E-state index in [4.69, 9.17) is 9.88 Å². The van der Waals surface area contributed by atoms with Crippen LogP contribution in [-0.2, 0) is 14.8 Å². The molecular formula is C12H15F2NO4S. The molecule has 0 aliphatic rings. The summed E-state index contributed by atoms with van der Waals surface area (Å²) >= 11 is 0. The molecule has 0 radical (unpaired) electrons. The molecule has 0 aromatic heterocycles. The third-order valence-corrected chi connectivity index (χ3v) is 3.40. The van der Waals surface area contributed by atoms with Gasteiger partial charge >= 0.3 is 5.97 Å². The van der Waals surface area contributed by atoms with Crippen LogP contribution < -0.4 is 5.14 Å². The van der Waals surface area contributed by atoms with E-state index in [0.717, 1.165) is 0 Å². The topological polar surface area (TPSA) is 86.5 Å². The predicted octanol–water partition coefficient (Wildman–Crippen LogP) is 1.82. The molecule has 0 heterocycles. The molecule has 0 atom stereocenters. The number of benzene rings is 1. The van der Waals surface area contributed by atoms with E-state index in [1.165, 1.54) is 0 Å². The fourth-order valence-electron chi connectivity index (χ4n) is 1.37. The molecule has 0 bridgehead atoms. The molecule has 1 aromatic rings. The van der Waals surface area contributed by atoms with Gasteiger partial charge in [-0.15, -0.1) is 0 Å². The SMILES string of the molecule is CC(C)CCOC(=O)c1cc(S(N)(=O)=O)c(F)cc1F. The number of hydrogen-bond donors (Lipinski definition) is 1. The van der Waals surface area contributed by atoms with Gasteiger partial charge in [0.2, 0.25) is 10.0 Å². The van der Waals surface area contributed by atoms with E-state index in [1.807, 2.05) is 13.8 Å². The first-order valence-corrected chi connectivity index (χ1v) is 7.36. The summed E-state index contributed by atoms with van der Waals surface area (Å²) in [6.07, 6.45) is 0.566. The van der Waals surface area contributed by atoms with Gasteiger partial charge in [0.1, 0.15) is 16.5 Å². The van der Waals surface area contributed by atoms with Crippen molar-refractivity contribution in [1.82, 2.24) is 0 Å². The van der Waals surface area contributed by atoms with Crippen molar-refractivity contribution in [3.05, 3.63) is 29.3 Å². The Kier molecular flexibility index (Phi) is 5.18. The van der Waals surface area contributed by atoms with Gasteiger partial charge in [-0.25, -0.2) is 27.1 Å². The summed E-state index contributed by atoms with van der Waals surface area (Å²) in [6, 6.07) is 0.830. The Morgan fingerprint density at radius 2 is 1.90 bits per heavy atom. The second-order valence-electron chi connectivity index (χ2n) is 4.63. The number of carbonyl (C=O) groups excluding carboxylic acids is 1. The molecule has 1 rings (SSSR count). The monoisotopic (exact) mass is 307 g/mol. The molecule has 112 valence electrons. The molecule has 0 amide bonds. The first-order chi connectivity index (χ1) is 9.12. The minimum absolute atomic E-state index is 0.0536. The van der Waals surface area contributed by atoms with Crippen LogP contribution in [0.25, 0.3) is 0 Å². The zero-order valence-electron chi connectivity index (χ0n) is 11.0. The average molecular weight is 307 g/mol. The first kappa shape index (κ1) is 16.5. The fraction of sp³-hybridized carbons (Fsp3) is 0.417. The van der Waals surface area contributed by atoms with E-state index in [9.17, 15) is 22.0 Å². The van der Waals surface area contributed by atoms with Crippen molar-refractivity contribution in [2.45, 2.75) is 25.2 Å². The number of rotatable bonds is 5. The third-order valence-electron chi connectivity index (χ3n) is 2.48. The van der Waals surface area contributed by atoms with E-state index in [-0.39, 0.29) is 12.5 Å². The maximum absolute atomic E-state index is 13.5. The predicted molar refractivity (Wildman–Crippen MR) is 67.5 cm³/mol. The van der Waals surface area contributed by atoms with Crippen molar-refractivity contribution in [2.75, 3.05) is 6.61 Å². The van der Waals surface area contributed by atoms with Gasteiger partial charge in [0, 0.05) is 6.07 Å². The summed E-state index contributed by atoms with van der Waals surface area (Å²) < 4.78 is 53.8. The molecule has 2 N–H and O–H groups in total. The van der Waals surface area contributed by atoms with Gasteiger partial charge < -0.3 is 4.74 Å². The Balaban J connectivity index is 3.04. The summed E-state index contributed by atoms with van der Waals surface area (Å²) in [5, 5.41) is 4.77. The molecule has 0 fully saturated rings. The van der Waals surface area contributed by atoms with E-state index < -0.39 is 38.1 Å². The fourth-order valence-corrected chi connectivity index (χ4v) is 1.98. The number of nitrogens with two attached hydrogens (primary N) is 1. The first-order valence-electron chi connectivity index (χ1n) is 5.82. The van der Waals surface area contributed by atoms with E-state index in [2.05, 4.69) is 0 Å². The van der Waals surface area contributed by atoms with Gasteiger partial charge in [-0.3, -0.25) is 0 Å². The largest absolute Gasteiger partial charge is 0.462 e. The van der Waals surface area contributed by atoms with Crippen LogP contribution in [0.3, 0.4) is 0 Å². The number of primary sulfonamides is 1. The van der Waals surface area contributed by atoms with Crippen molar-refractivity contribution in [1.29, 1.82) is 0 Å². The van der Waals surface area contributed by atoms with Crippen molar-refractivity contribution < 1.29 is 26.7 Å². The van der Waals surface area contributed by atoms with Crippen molar-refractivity contribution in [3.63, 3.8) is 0 Å². The van der Waals surface area contributed by atoms with E-state index in [0.29, 0.717) is 18.6 Å². The summed E-state index contributed by atoms with van der Waals surface area (Å²) in [5.74, 6) is -3.35. The zero-order chi connectivity index (χ0) is 15.5. The van der Waals surface area contributed by atoms with Gasteiger partial charge in [-0.1, -0.05) is 13.8 Å². The van der Waals surface area contributed by atoms with Gasteiger partial charge in [-0.2, -0.15) is 0 Å². The highest BCUT2D eigenvalue weighted by atomic mass is 32.2. The van der Waals surface area contributed by atoms with Gasteiger partial charge in [-0.05, 0) is 18.4 Å². The highest BCUT2D eigenvalue weighted by Gasteiger charge is 2.22. The molecule has 1 aromatic carbocycles. The minimum atomic E-state index is -4.39. The van der Waals surface area contributed by atoms with Crippen LogP contribution in [0.5, 0.6) is 0 Å². The summed E-state index contributed by atoms with van der Waals surface area (Å²) in [7, 11) is -4.39. The number of esters is 1. The van der Waals surface area contributed by atoms with Crippen LogP contribution in [0, 0.1) is 17.6 Å². The molecule has 20 heavy (non-hydrogen) atoms. The standard InChI is InChI=1S/C12H15F2NO4S/c1-7(2)3-4-19-12(16)8-5-11(20(15,17)18)10(14)6-9(8)13/h5-7H,3-4H2,1-2H3,(H2,15,17,18). The molecule has 5 nitrogen and oxygen atoms in total. The maximum Gasteiger partial charge on any atom is 0.341 e. The number of hydrogen-bond acceptors (Lipinski definition) is 4. The van der Waals surface area contributed by atoms with Gasteiger partial charge in [0.05, 0.1) is 12.2 Å². The molecule has 0 aliphatic carbocycles. The average Bonchev–Trinajstić information content (AvgIpc) is 2.26. The molecule has 8 heteroatoms. The van der Waals surface area contributed by atoms with E-state index >= 15 is 0 Å². The Morgan fingerprint density at radius 1 is 1.30 bits per heavy atom. The van der Waals surface area contributed by atoms with Gasteiger partial charge in [0.25, 0.3) is 0 Å². The van der Waals surface area contributed by atoms with Crippen LogP contribution in [0.1, 0.15) is 30.6 Å². The number of halogens is 2. The van der Waals surface area contributed by atoms with Crippen LogP contribution in [0.15, 0.2) is 17.0 Å². The Bertz CT molecular complexity index is 614. The summed E-state index contributed by atoms with van der Waals surface area (Å²) in [5.41, 5.74) is -0.667. The molecule has 0 unspecified atom stereocenters. The molecule has 0 saturated heterocycles. The molecule has 0 spiro atoms. The summed E-state index contributed by atoms with van der Waals surface area (Å²) in [4.78, 5) is 10.7. The lowest BCUT2D eigenvalue weighted by Crippen LogP contribution is -2.17. The highest BCUT2D eigenvalue weighted by molar-refractivity contribution is 7.89. The molecule has 0 aliphatic heterocycles. The van der Waals surface area contributed by atoms with Crippen LogP contribution >= 0.6 is 0 Å². The Labute approximate surface area is 115 Å². The lowest BCUT2D eigenvalue weighted by molar-refractivity contribution is 0.0482. The quantitative estimate of drug-likeness (QED) is 0.841. The zero-order valence-corrected chi connectivity index (χ0v) is 11.8. The summed E-state index contributed by atoms with van der Waals surface area (Å²) in [6.45, 7) is 3.87. The van der Waals surface area contributed by atoms with Crippen molar-refractivity contribution in [2.24, 2.45) is 11.1 Å². The molecular weight excluding hydrogens is 292 g/mol. The number of sulfonamides is 1. The van der Waals surface area contributed by atoms with Gasteiger partial charge in [0.15, 0.2) is 0 Å². The van der Waals surface area contributed by atoms with E-state index in [1.54, 1.807) is 0 Å². The Hall–Kier alpha value is -1.54. The minimum Gasteiger partial charge on any atom is -0.462 e. The van der Waals surface area contributed by atoms with Crippen LogP contribution in [-0.4, -0.2) is 21.0 Å². The number of ether oxygens (including phenoxy) is 1. The number of carbonyl (C=O) groups is 1. The third kappa shape index (κ3) is 4.24. The van der Waals surface area contributed by atoms with Crippen LogP contribution in [0.2, 0.25) is 0 Å². The lowest BCUT2D eigenvalue weighted by atomic mass is 10.1. The normalized spacial score (nSPS) is 11.7. The second kappa shape index (κ2) is 6.27. The van der Waals surface area contributed by atoms with Crippen molar-refractivity contribution >= 4 is 16.0 Å². The lowest BCUT2D eigenvalue weighted by Gasteiger charge is -2.09. The molecule has 0 saturated carbocycles. The maximum atomic E-state index is 13.5. The second-order valence-corrected chi connectivity index (χ2v) is 6.16. The Morgan fingerprint density at radius 3 is 2.40 bits per heavy atom. The van der Waals surface area contributed by atoms with Crippen molar-refractivity contribution in [3.8, 4) is 0 Å². The van der Waals surface area contributed by atoms with Crippen LogP contribution in [0.4, 0.5) is 8.78 Å².